The third-order valence-corrected chi connectivity index (χ3v) is 3.37. The monoisotopic (exact) mass is 272 g/mol. The Hall–Kier alpha value is -2.04. The van der Waals surface area contributed by atoms with Crippen LogP contribution in [0.5, 0.6) is 11.5 Å². The van der Waals surface area contributed by atoms with Crippen LogP contribution in [0.2, 0.25) is 0 Å². The molecule has 4 heteroatoms. The summed E-state index contributed by atoms with van der Waals surface area (Å²) in [6, 6.07) is 13.7. The molecule has 106 valence electrons. The van der Waals surface area contributed by atoms with Crippen LogP contribution in [0, 0.1) is 0 Å². The Balaban J connectivity index is 1.93. The molecule has 2 rings (SSSR count). The number of phenols is 2. The molecule has 0 heterocycles. The van der Waals surface area contributed by atoms with E-state index in [1.165, 1.54) is 0 Å². The molecule has 4 nitrogen and oxygen atoms in total. The van der Waals surface area contributed by atoms with Crippen LogP contribution in [0.1, 0.15) is 11.1 Å². The van der Waals surface area contributed by atoms with Gasteiger partial charge in [-0.2, -0.15) is 0 Å². The van der Waals surface area contributed by atoms with Crippen molar-refractivity contribution in [3.63, 3.8) is 0 Å². The quantitative estimate of drug-likeness (QED) is 0.664. The second-order valence-electron chi connectivity index (χ2n) is 5.07. The fourth-order valence-electron chi connectivity index (χ4n) is 2.11. The fourth-order valence-corrected chi connectivity index (χ4v) is 2.11. The zero-order valence-electron chi connectivity index (χ0n) is 11.2. The van der Waals surface area contributed by atoms with Crippen LogP contribution < -0.4 is 11.5 Å². The third-order valence-electron chi connectivity index (χ3n) is 3.37. The van der Waals surface area contributed by atoms with Gasteiger partial charge in [-0.25, -0.2) is 0 Å². The van der Waals surface area contributed by atoms with Crippen LogP contribution >= 0.6 is 0 Å². The maximum Gasteiger partial charge on any atom is 0.115 e. The predicted octanol–water partition coefficient (Wildman–Crippen LogP) is 1.54. The highest BCUT2D eigenvalue weighted by Crippen LogP contribution is 2.14. The molecule has 0 bridgehead atoms. The summed E-state index contributed by atoms with van der Waals surface area (Å²) in [6.07, 6.45) is 1.33. The highest BCUT2D eigenvalue weighted by atomic mass is 16.3. The van der Waals surface area contributed by atoms with E-state index in [1.807, 2.05) is 24.3 Å². The van der Waals surface area contributed by atoms with E-state index in [2.05, 4.69) is 0 Å². The van der Waals surface area contributed by atoms with Gasteiger partial charge in [-0.1, -0.05) is 24.3 Å². The number of phenolic OH excluding ortho intramolecular Hbond substituents is 2. The molecule has 2 aromatic carbocycles. The van der Waals surface area contributed by atoms with Crippen LogP contribution in [-0.4, -0.2) is 22.3 Å². The van der Waals surface area contributed by atoms with Crippen molar-refractivity contribution < 1.29 is 10.2 Å². The second kappa shape index (κ2) is 6.41. The van der Waals surface area contributed by atoms with Gasteiger partial charge in [0.1, 0.15) is 11.5 Å². The first-order valence-corrected chi connectivity index (χ1v) is 6.61. The Labute approximate surface area is 118 Å². The van der Waals surface area contributed by atoms with Crippen molar-refractivity contribution in [1.29, 1.82) is 0 Å². The molecule has 0 spiro atoms. The lowest BCUT2D eigenvalue weighted by atomic mass is 9.95. The zero-order chi connectivity index (χ0) is 14.5. The van der Waals surface area contributed by atoms with Crippen LogP contribution in [0.25, 0.3) is 0 Å². The Kier molecular flexibility index (Phi) is 4.61. The van der Waals surface area contributed by atoms with Crippen molar-refractivity contribution in [2.24, 2.45) is 11.5 Å². The molecule has 0 saturated heterocycles. The molecule has 0 radical (unpaired) electrons. The third kappa shape index (κ3) is 3.98. The number of aromatic hydroxyl groups is 2. The number of hydrogen-bond donors (Lipinski definition) is 4. The van der Waals surface area contributed by atoms with Gasteiger partial charge in [0, 0.05) is 12.1 Å². The highest BCUT2D eigenvalue weighted by Gasteiger charge is 2.14. The summed E-state index contributed by atoms with van der Waals surface area (Å²) in [5.74, 6) is 0.492. The minimum atomic E-state index is -0.159. The van der Waals surface area contributed by atoms with Gasteiger partial charge in [-0.05, 0) is 48.2 Å². The lowest BCUT2D eigenvalue weighted by Crippen LogP contribution is -2.44. The molecule has 20 heavy (non-hydrogen) atoms. The summed E-state index contributed by atoms with van der Waals surface area (Å²) in [4.78, 5) is 0. The van der Waals surface area contributed by atoms with Gasteiger partial charge in [0.25, 0.3) is 0 Å². The average Bonchev–Trinajstić information content (AvgIpc) is 2.44. The van der Waals surface area contributed by atoms with E-state index in [9.17, 15) is 10.2 Å². The van der Waals surface area contributed by atoms with Gasteiger partial charge in [0.05, 0.1) is 0 Å². The minimum Gasteiger partial charge on any atom is -0.508 e. The Morgan fingerprint density at radius 1 is 0.650 bits per heavy atom. The van der Waals surface area contributed by atoms with Gasteiger partial charge in [0.15, 0.2) is 0 Å². The molecular weight excluding hydrogens is 252 g/mol. The summed E-state index contributed by atoms with van der Waals surface area (Å²) in [6.45, 7) is 0. The van der Waals surface area contributed by atoms with E-state index in [4.69, 9.17) is 11.5 Å². The Morgan fingerprint density at radius 2 is 0.950 bits per heavy atom. The number of benzene rings is 2. The molecule has 0 amide bonds. The largest absolute Gasteiger partial charge is 0.508 e. The second-order valence-corrected chi connectivity index (χ2v) is 5.07. The van der Waals surface area contributed by atoms with E-state index in [1.54, 1.807) is 24.3 Å². The summed E-state index contributed by atoms with van der Waals surface area (Å²) in [5, 5.41) is 18.5. The van der Waals surface area contributed by atoms with Gasteiger partial charge in [-0.15, -0.1) is 0 Å². The van der Waals surface area contributed by atoms with Gasteiger partial charge in [0.2, 0.25) is 0 Å². The van der Waals surface area contributed by atoms with Gasteiger partial charge >= 0.3 is 0 Å². The first-order valence-electron chi connectivity index (χ1n) is 6.61. The molecule has 0 fully saturated rings. The number of rotatable bonds is 5. The summed E-state index contributed by atoms with van der Waals surface area (Å²) < 4.78 is 0. The molecule has 0 aliphatic rings. The van der Waals surface area contributed by atoms with Gasteiger partial charge < -0.3 is 21.7 Å². The first-order chi connectivity index (χ1) is 9.54. The van der Waals surface area contributed by atoms with Gasteiger partial charge in [-0.3, -0.25) is 0 Å². The zero-order valence-corrected chi connectivity index (χ0v) is 11.2. The van der Waals surface area contributed by atoms with Crippen molar-refractivity contribution in [3.8, 4) is 11.5 Å². The van der Waals surface area contributed by atoms with E-state index in [-0.39, 0.29) is 23.6 Å². The van der Waals surface area contributed by atoms with E-state index >= 15 is 0 Å². The fraction of sp³-hybridized carbons (Fsp3) is 0.250. The number of hydrogen-bond acceptors (Lipinski definition) is 4. The lowest BCUT2D eigenvalue weighted by Gasteiger charge is -2.20. The van der Waals surface area contributed by atoms with E-state index < -0.39 is 0 Å². The number of nitrogens with two attached hydrogens (primary N) is 2. The van der Waals surface area contributed by atoms with E-state index in [0.29, 0.717) is 12.8 Å². The molecule has 0 aromatic heterocycles. The molecule has 0 saturated carbocycles. The molecule has 0 aliphatic carbocycles. The average molecular weight is 272 g/mol. The lowest BCUT2D eigenvalue weighted by molar-refractivity contribution is 0.473. The van der Waals surface area contributed by atoms with Crippen molar-refractivity contribution in [2.45, 2.75) is 24.9 Å². The SMILES string of the molecule is N[C@@H](Cc1ccc(O)cc1)[C@@H](N)Cc1ccc(O)cc1. The molecule has 0 unspecified atom stereocenters. The van der Waals surface area contributed by atoms with Crippen LogP contribution in [0.3, 0.4) is 0 Å². The first kappa shape index (κ1) is 14.4. The Bertz CT molecular complexity index is 486. The van der Waals surface area contributed by atoms with Crippen molar-refractivity contribution >= 4 is 0 Å². The predicted molar refractivity (Wildman–Crippen MR) is 79.6 cm³/mol. The minimum absolute atomic E-state index is 0.159. The standard InChI is InChI=1S/C16H20N2O2/c17-15(9-11-1-5-13(19)6-2-11)16(18)10-12-3-7-14(20)8-4-12/h1-8,15-16,19-20H,9-10,17-18H2/t15-,16-/m0/s1. The van der Waals surface area contributed by atoms with E-state index in [0.717, 1.165) is 11.1 Å². The molecule has 6 N–H and O–H groups in total. The van der Waals surface area contributed by atoms with Crippen molar-refractivity contribution in [3.05, 3.63) is 59.7 Å². The molecule has 2 atom stereocenters. The molecular formula is C16H20N2O2. The molecule has 2 aromatic rings. The van der Waals surface area contributed by atoms with Crippen LogP contribution in [0.4, 0.5) is 0 Å². The highest BCUT2D eigenvalue weighted by molar-refractivity contribution is 5.28. The Morgan fingerprint density at radius 3 is 1.25 bits per heavy atom. The summed E-state index contributed by atoms with van der Waals surface area (Å²) >= 11 is 0. The summed E-state index contributed by atoms with van der Waals surface area (Å²) in [7, 11) is 0. The molecule has 0 aliphatic heterocycles. The van der Waals surface area contributed by atoms with Crippen LogP contribution in [0.15, 0.2) is 48.5 Å². The van der Waals surface area contributed by atoms with Crippen molar-refractivity contribution in [1.82, 2.24) is 0 Å². The van der Waals surface area contributed by atoms with Crippen LogP contribution in [-0.2, 0) is 12.8 Å². The maximum absolute atomic E-state index is 9.24. The van der Waals surface area contributed by atoms with Crippen molar-refractivity contribution in [2.75, 3.05) is 0 Å². The smallest absolute Gasteiger partial charge is 0.115 e. The summed E-state index contributed by atoms with van der Waals surface area (Å²) in [5.41, 5.74) is 14.4. The topological polar surface area (TPSA) is 92.5 Å². The normalized spacial score (nSPS) is 13.9. The maximum atomic E-state index is 9.24.